The molecule has 1 aliphatic rings. The molecule has 0 aromatic heterocycles. The SMILES string of the molecule is CC1NC(=O)N(c2ccc(C#N)cc2)C1=O. The molecule has 3 amide bonds. The predicted octanol–water partition coefficient (Wildman–Crippen LogP) is 1.00. The Morgan fingerprint density at radius 1 is 1.31 bits per heavy atom. The maximum absolute atomic E-state index is 11.6. The minimum Gasteiger partial charge on any atom is -0.326 e. The molecule has 0 aliphatic carbocycles. The number of nitrogens with zero attached hydrogens (tertiary/aromatic N) is 2. The molecular weight excluding hydrogens is 206 g/mol. The lowest BCUT2D eigenvalue weighted by Gasteiger charge is -2.12. The summed E-state index contributed by atoms with van der Waals surface area (Å²) >= 11 is 0. The van der Waals surface area contributed by atoms with Crippen LogP contribution in [0.4, 0.5) is 10.5 Å². The number of anilines is 1. The van der Waals surface area contributed by atoms with Crippen molar-refractivity contribution in [1.82, 2.24) is 5.32 Å². The molecule has 1 aromatic carbocycles. The number of rotatable bonds is 1. The van der Waals surface area contributed by atoms with Crippen LogP contribution in [0.25, 0.3) is 0 Å². The lowest BCUT2D eigenvalue weighted by Crippen LogP contribution is -2.30. The summed E-state index contributed by atoms with van der Waals surface area (Å²) in [4.78, 5) is 24.2. The van der Waals surface area contributed by atoms with Crippen molar-refractivity contribution in [3.05, 3.63) is 29.8 Å². The molecule has 1 atom stereocenters. The summed E-state index contributed by atoms with van der Waals surface area (Å²) in [6.07, 6.45) is 0. The first-order valence-corrected chi connectivity index (χ1v) is 4.78. The van der Waals surface area contributed by atoms with Gasteiger partial charge >= 0.3 is 6.03 Å². The zero-order valence-electron chi connectivity index (χ0n) is 8.60. The van der Waals surface area contributed by atoms with Crippen LogP contribution in [0.5, 0.6) is 0 Å². The van der Waals surface area contributed by atoms with Crippen LogP contribution in [0.15, 0.2) is 24.3 Å². The predicted molar refractivity (Wildman–Crippen MR) is 56.6 cm³/mol. The number of amides is 3. The second-order valence-electron chi connectivity index (χ2n) is 3.50. The van der Waals surface area contributed by atoms with Gasteiger partial charge in [-0.3, -0.25) is 4.79 Å². The van der Waals surface area contributed by atoms with Crippen LogP contribution in [0.3, 0.4) is 0 Å². The average molecular weight is 215 g/mol. The minimum absolute atomic E-state index is 0.283. The monoisotopic (exact) mass is 215 g/mol. The molecule has 2 rings (SSSR count). The van der Waals surface area contributed by atoms with Crippen molar-refractivity contribution < 1.29 is 9.59 Å². The smallest absolute Gasteiger partial charge is 0.326 e. The van der Waals surface area contributed by atoms with E-state index in [1.54, 1.807) is 31.2 Å². The number of urea groups is 1. The fraction of sp³-hybridized carbons (Fsp3) is 0.182. The van der Waals surface area contributed by atoms with Gasteiger partial charge < -0.3 is 5.32 Å². The number of nitrogens with one attached hydrogen (secondary N) is 1. The third kappa shape index (κ3) is 1.50. The lowest BCUT2D eigenvalue weighted by atomic mass is 10.2. The van der Waals surface area contributed by atoms with E-state index >= 15 is 0 Å². The van der Waals surface area contributed by atoms with Crippen LogP contribution >= 0.6 is 0 Å². The molecule has 0 radical (unpaired) electrons. The Bertz CT molecular complexity index is 487. The molecule has 5 nitrogen and oxygen atoms in total. The maximum atomic E-state index is 11.6. The summed E-state index contributed by atoms with van der Waals surface area (Å²) in [7, 11) is 0. The second kappa shape index (κ2) is 3.66. The minimum atomic E-state index is -0.497. The Hall–Kier alpha value is -2.35. The highest BCUT2D eigenvalue weighted by Crippen LogP contribution is 2.19. The molecule has 1 heterocycles. The van der Waals surface area contributed by atoms with Crippen molar-refractivity contribution in [1.29, 1.82) is 5.26 Å². The van der Waals surface area contributed by atoms with Crippen molar-refractivity contribution >= 4 is 17.6 Å². The standard InChI is InChI=1S/C11H9N3O2/c1-7-10(15)14(11(16)13-7)9-4-2-8(6-12)3-5-9/h2-5,7H,1H3,(H,13,16). The highest BCUT2D eigenvalue weighted by atomic mass is 16.2. The van der Waals surface area contributed by atoms with Gasteiger partial charge in [0.25, 0.3) is 5.91 Å². The van der Waals surface area contributed by atoms with Crippen molar-refractivity contribution in [2.45, 2.75) is 13.0 Å². The van der Waals surface area contributed by atoms with Gasteiger partial charge in [0.2, 0.25) is 0 Å². The molecule has 0 bridgehead atoms. The first-order valence-electron chi connectivity index (χ1n) is 4.78. The van der Waals surface area contributed by atoms with E-state index in [9.17, 15) is 9.59 Å². The van der Waals surface area contributed by atoms with Gasteiger partial charge in [0.15, 0.2) is 0 Å². The third-order valence-corrected chi connectivity index (χ3v) is 2.39. The summed E-state index contributed by atoms with van der Waals surface area (Å²) in [5, 5.41) is 11.1. The quantitative estimate of drug-likeness (QED) is 0.710. The number of imide groups is 1. The van der Waals surface area contributed by atoms with Gasteiger partial charge in [0, 0.05) is 0 Å². The highest BCUT2D eigenvalue weighted by molar-refractivity contribution is 6.21. The normalized spacial score (nSPS) is 19.5. The summed E-state index contributed by atoms with van der Waals surface area (Å²) < 4.78 is 0. The van der Waals surface area contributed by atoms with E-state index in [1.165, 1.54) is 0 Å². The molecule has 1 saturated heterocycles. The fourth-order valence-corrected chi connectivity index (χ4v) is 1.53. The van der Waals surface area contributed by atoms with Gasteiger partial charge in [-0.25, -0.2) is 9.69 Å². The number of benzene rings is 1. The first-order chi connectivity index (χ1) is 7.63. The van der Waals surface area contributed by atoms with Gasteiger partial charge in [-0.05, 0) is 31.2 Å². The Labute approximate surface area is 92.3 Å². The Kier molecular flexibility index (Phi) is 2.33. The average Bonchev–Trinajstić information content (AvgIpc) is 2.54. The zero-order valence-corrected chi connectivity index (χ0v) is 8.60. The topological polar surface area (TPSA) is 73.2 Å². The molecule has 1 fully saturated rings. The van der Waals surface area contributed by atoms with Gasteiger partial charge in [-0.15, -0.1) is 0 Å². The number of hydrogen-bond acceptors (Lipinski definition) is 3. The third-order valence-electron chi connectivity index (χ3n) is 2.39. The Balaban J connectivity index is 2.34. The van der Waals surface area contributed by atoms with Gasteiger partial charge in [-0.1, -0.05) is 0 Å². The van der Waals surface area contributed by atoms with E-state index in [0.29, 0.717) is 11.3 Å². The molecule has 0 spiro atoms. The number of nitriles is 1. The van der Waals surface area contributed by atoms with Crippen molar-refractivity contribution in [2.75, 3.05) is 4.90 Å². The van der Waals surface area contributed by atoms with Crippen molar-refractivity contribution in [2.24, 2.45) is 0 Å². The molecule has 1 N–H and O–H groups in total. The van der Waals surface area contributed by atoms with Crippen molar-refractivity contribution in [3.63, 3.8) is 0 Å². The van der Waals surface area contributed by atoms with Crippen LogP contribution in [-0.2, 0) is 4.79 Å². The summed E-state index contributed by atoms with van der Waals surface area (Å²) in [6, 6.07) is 7.34. The Morgan fingerprint density at radius 3 is 2.38 bits per heavy atom. The largest absolute Gasteiger partial charge is 0.329 e. The summed E-state index contributed by atoms with van der Waals surface area (Å²) in [6.45, 7) is 1.63. The fourth-order valence-electron chi connectivity index (χ4n) is 1.53. The molecule has 16 heavy (non-hydrogen) atoms. The maximum Gasteiger partial charge on any atom is 0.329 e. The second-order valence-corrected chi connectivity index (χ2v) is 3.50. The highest BCUT2D eigenvalue weighted by Gasteiger charge is 2.35. The van der Waals surface area contributed by atoms with Crippen LogP contribution in [0, 0.1) is 11.3 Å². The lowest BCUT2D eigenvalue weighted by molar-refractivity contribution is -0.117. The molecule has 5 heteroatoms. The Morgan fingerprint density at radius 2 is 1.94 bits per heavy atom. The number of carbonyl (C=O) groups excluding carboxylic acids is 2. The van der Waals surface area contributed by atoms with E-state index in [1.807, 2.05) is 6.07 Å². The van der Waals surface area contributed by atoms with Crippen LogP contribution < -0.4 is 10.2 Å². The number of hydrogen-bond donors (Lipinski definition) is 1. The molecule has 1 aromatic rings. The summed E-state index contributed by atoms with van der Waals surface area (Å²) in [5.74, 6) is -0.283. The van der Waals surface area contributed by atoms with Gasteiger partial charge in [-0.2, -0.15) is 5.26 Å². The van der Waals surface area contributed by atoms with Crippen LogP contribution in [0.1, 0.15) is 12.5 Å². The first kappa shape index (κ1) is 10.2. The number of carbonyl (C=O) groups is 2. The van der Waals surface area contributed by atoms with Crippen molar-refractivity contribution in [3.8, 4) is 6.07 Å². The van der Waals surface area contributed by atoms with E-state index in [4.69, 9.17) is 5.26 Å². The summed E-state index contributed by atoms with van der Waals surface area (Å²) in [5.41, 5.74) is 0.967. The molecular formula is C11H9N3O2. The van der Waals surface area contributed by atoms with E-state index in [0.717, 1.165) is 4.90 Å². The zero-order chi connectivity index (χ0) is 11.7. The van der Waals surface area contributed by atoms with Gasteiger partial charge in [0.05, 0.1) is 17.3 Å². The molecule has 1 unspecified atom stereocenters. The molecule has 1 aliphatic heterocycles. The van der Waals surface area contributed by atoms with Crippen LogP contribution in [-0.4, -0.2) is 18.0 Å². The van der Waals surface area contributed by atoms with E-state index in [-0.39, 0.29) is 5.91 Å². The molecule has 0 saturated carbocycles. The van der Waals surface area contributed by atoms with Crippen LogP contribution in [0.2, 0.25) is 0 Å². The molecule has 80 valence electrons. The van der Waals surface area contributed by atoms with E-state index in [2.05, 4.69) is 5.32 Å². The van der Waals surface area contributed by atoms with E-state index < -0.39 is 12.1 Å². The van der Waals surface area contributed by atoms with Gasteiger partial charge in [0.1, 0.15) is 6.04 Å².